The zero-order valence-electron chi connectivity index (χ0n) is 13.7. The normalized spacial score (nSPS) is 23.1. The zero-order valence-corrected chi connectivity index (χ0v) is 13.7. The summed E-state index contributed by atoms with van der Waals surface area (Å²) in [5.41, 5.74) is 0.924. The molecule has 2 N–H and O–H groups in total. The van der Waals surface area contributed by atoms with Gasteiger partial charge in [0.2, 0.25) is 5.91 Å². The van der Waals surface area contributed by atoms with E-state index in [1.54, 1.807) is 0 Å². The Morgan fingerprint density at radius 1 is 1.23 bits per heavy atom. The zero-order chi connectivity index (χ0) is 15.8. The molecule has 0 radical (unpaired) electrons. The van der Waals surface area contributed by atoms with Gasteiger partial charge in [0.15, 0.2) is 0 Å². The van der Waals surface area contributed by atoms with Crippen molar-refractivity contribution in [3.8, 4) is 5.75 Å². The van der Waals surface area contributed by atoms with Gasteiger partial charge in [0, 0.05) is 11.6 Å². The monoisotopic (exact) mass is 302 g/mol. The SMILES string of the molecule is CC(C)(C)Oc1ccc(NC(=O)C2CC23CCNCC3)cc1. The van der Waals surface area contributed by atoms with Crippen molar-refractivity contribution in [1.82, 2.24) is 5.32 Å². The first-order chi connectivity index (χ1) is 10.4. The molecule has 1 heterocycles. The Labute approximate surface area is 132 Å². The molecule has 1 aliphatic carbocycles. The van der Waals surface area contributed by atoms with Crippen molar-refractivity contribution in [2.75, 3.05) is 18.4 Å². The molecule has 3 rings (SSSR count). The number of rotatable bonds is 3. The smallest absolute Gasteiger partial charge is 0.228 e. The van der Waals surface area contributed by atoms with Crippen LogP contribution in [0.5, 0.6) is 5.75 Å². The number of piperidine rings is 1. The van der Waals surface area contributed by atoms with E-state index in [0.29, 0.717) is 0 Å². The Morgan fingerprint density at radius 3 is 2.45 bits per heavy atom. The molecule has 1 amide bonds. The molecule has 0 bridgehead atoms. The summed E-state index contributed by atoms with van der Waals surface area (Å²) in [5.74, 6) is 1.19. The van der Waals surface area contributed by atoms with Crippen LogP contribution in [-0.2, 0) is 4.79 Å². The fourth-order valence-electron chi connectivity index (χ4n) is 3.38. The number of ether oxygens (including phenoxy) is 1. The highest BCUT2D eigenvalue weighted by atomic mass is 16.5. The summed E-state index contributed by atoms with van der Waals surface area (Å²) in [6.07, 6.45) is 3.30. The van der Waals surface area contributed by atoms with Crippen molar-refractivity contribution >= 4 is 11.6 Å². The quantitative estimate of drug-likeness (QED) is 0.901. The van der Waals surface area contributed by atoms with Gasteiger partial charge < -0.3 is 15.4 Å². The van der Waals surface area contributed by atoms with Crippen LogP contribution < -0.4 is 15.4 Å². The average Bonchev–Trinajstić information content (AvgIpc) is 3.14. The van der Waals surface area contributed by atoms with E-state index in [4.69, 9.17) is 4.74 Å². The van der Waals surface area contributed by atoms with E-state index in [0.717, 1.165) is 43.8 Å². The van der Waals surface area contributed by atoms with Crippen LogP contribution >= 0.6 is 0 Å². The molecular formula is C18H26N2O2. The molecule has 22 heavy (non-hydrogen) atoms. The van der Waals surface area contributed by atoms with Gasteiger partial charge in [0.05, 0.1) is 0 Å². The number of hydrogen-bond acceptors (Lipinski definition) is 3. The van der Waals surface area contributed by atoms with Crippen molar-refractivity contribution in [1.29, 1.82) is 0 Å². The lowest BCUT2D eigenvalue weighted by atomic mass is 9.92. The summed E-state index contributed by atoms with van der Waals surface area (Å²) in [5, 5.41) is 6.42. The number of hydrogen-bond donors (Lipinski definition) is 2. The first-order valence-electron chi connectivity index (χ1n) is 8.19. The summed E-state index contributed by atoms with van der Waals surface area (Å²) < 4.78 is 5.79. The van der Waals surface area contributed by atoms with E-state index in [-0.39, 0.29) is 22.8 Å². The van der Waals surface area contributed by atoms with Gasteiger partial charge in [-0.2, -0.15) is 0 Å². The molecule has 4 nitrogen and oxygen atoms in total. The molecule has 1 unspecified atom stereocenters. The van der Waals surface area contributed by atoms with Crippen LogP contribution in [0.1, 0.15) is 40.0 Å². The molecule has 2 aliphatic rings. The van der Waals surface area contributed by atoms with Crippen molar-refractivity contribution in [3.05, 3.63) is 24.3 Å². The summed E-state index contributed by atoms with van der Waals surface area (Å²) in [7, 11) is 0. The predicted octanol–water partition coefficient (Wildman–Crippen LogP) is 3.19. The minimum absolute atomic E-state index is 0.173. The van der Waals surface area contributed by atoms with Crippen molar-refractivity contribution < 1.29 is 9.53 Å². The van der Waals surface area contributed by atoms with Gasteiger partial charge >= 0.3 is 0 Å². The lowest BCUT2D eigenvalue weighted by molar-refractivity contribution is -0.118. The third-order valence-corrected chi connectivity index (χ3v) is 4.65. The number of benzene rings is 1. The lowest BCUT2D eigenvalue weighted by Gasteiger charge is -2.23. The van der Waals surface area contributed by atoms with E-state index in [9.17, 15) is 4.79 Å². The van der Waals surface area contributed by atoms with Crippen molar-refractivity contribution in [2.45, 2.75) is 45.6 Å². The maximum atomic E-state index is 12.4. The minimum Gasteiger partial charge on any atom is -0.488 e. The number of carbonyl (C=O) groups excluding carboxylic acids is 1. The minimum atomic E-state index is -0.208. The second-order valence-electron chi connectivity index (χ2n) is 7.60. The van der Waals surface area contributed by atoms with Crippen molar-refractivity contribution in [2.24, 2.45) is 11.3 Å². The number of nitrogens with one attached hydrogen (secondary N) is 2. The second-order valence-corrected chi connectivity index (χ2v) is 7.60. The van der Waals surface area contributed by atoms with Gasteiger partial charge in [-0.3, -0.25) is 4.79 Å². The van der Waals surface area contributed by atoms with Crippen LogP contribution in [0.4, 0.5) is 5.69 Å². The fourth-order valence-corrected chi connectivity index (χ4v) is 3.38. The molecule has 1 saturated carbocycles. The number of anilines is 1. The summed E-state index contributed by atoms with van der Waals surface area (Å²) in [6.45, 7) is 8.15. The van der Waals surface area contributed by atoms with E-state index in [1.165, 1.54) is 0 Å². The molecule has 120 valence electrons. The van der Waals surface area contributed by atoms with E-state index in [1.807, 2.05) is 45.0 Å². The maximum Gasteiger partial charge on any atom is 0.228 e. The Balaban J connectivity index is 1.56. The molecule has 1 aliphatic heterocycles. The van der Waals surface area contributed by atoms with Gasteiger partial charge in [-0.15, -0.1) is 0 Å². The van der Waals surface area contributed by atoms with Gasteiger partial charge in [0.1, 0.15) is 11.4 Å². The van der Waals surface area contributed by atoms with Gasteiger partial charge in [-0.25, -0.2) is 0 Å². The van der Waals surface area contributed by atoms with Crippen LogP contribution in [0, 0.1) is 11.3 Å². The Kier molecular flexibility index (Phi) is 3.89. The molecule has 1 aromatic carbocycles. The van der Waals surface area contributed by atoms with Crippen LogP contribution in [0.3, 0.4) is 0 Å². The highest BCUT2D eigenvalue weighted by Gasteiger charge is 2.57. The third-order valence-electron chi connectivity index (χ3n) is 4.65. The molecule has 4 heteroatoms. The fraction of sp³-hybridized carbons (Fsp3) is 0.611. The molecule has 1 aromatic rings. The third kappa shape index (κ3) is 3.43. The van der Waals surface area contributed by atoms with Crippen LogP contribution in [0.25, 0.3) is 0 Å². The lowest BCUT2D eigenvalue weighted by Crippen LogP contribution is -2.31. The van der Waals surface area contributed by atoms with E-state index < -0.39 is 0 Å². The summed E-state index contributed by atoms with van der Waals surface area (Å²) >= 11 is 0. The van der Waals surface area contributed by atoms with E-state index in [2.05, 4.69) is 10.6 Å². The topological polar surface area (TPSA) is 50.4 Å². The summed E-state index contributed by atoms with van der Waals surface area (Å²) in [4.78, 5) is 12.4. The largest absolute Gasteiger partial charge is 0.488 e. The Bertz CT molecular complexity index is 539. The first-order valence-corrected chi connectivity index (χ1v) is 8.19. The van der Waals surface area contributed by atoms with Gasteiger partial charge in [-0.1, -0.05) is 0 Å². The highest BCUT2D eigenvalue weighted by Crippen LogP contribution is 2.58. The van der Waals surface area contributed by atoms with Crippen molar-refractivity contribution in [3.63, 3.8) is 0 Å². The molecule has 1 spiro atoms. The predicted molar refractivity (Wildman–Crippen MR) is 88.1 cm³/mol. The van der Waals surface area contributed by atoms with Crippen LogP contribution in [-0.4, -0.2) is 24.6 Å². The molecule has 1 saturated heterocycles. The highest BCUT2D eigenvalue weighted by molar-refractivity contribution is 5.95. The summed E-state index contributed by atoms with van der Waals surface area (Å²) in [6, 6.07) is 7.65. The Hall–Kier alpha value is -1.55. The van der Waals surface area contributed by atoms with Gasteiger partial charge in [0.25, 0.3) is 0 Å². The standard InChI is InChI=1S/C18H26N2O2/c1-17(2,3)22-14-6-4-13(5-7-14)20-16(21)15-12-18(15)8-10-19-11-9-18/h4-7,15,19H,8-12H2,1-3H3,(H,20,21). The molecule has 0 aromatic heterocycles. The average molecular weight is 302 g/mol. The van der Waals surface area contributed by atoms with Gasteiger partial charge in [-0.05, 0) is 82.8 Å². The first kappa shape index (κ1) is 15.3. The number of amides is 1. The molecular weight excluding hydrogens is 276 g/mol. The maximum absolute atomic E-state index is 12.4. The van der Waals surface area contributed by atoms with E-state index >= 15 is 0 Å². The Morgan fingerprint density at radius 2 is 1.86 bits per heavy atom. The number of carbonyl (C=O) groups is 1. The second kappa shape index (κ2) is 5.58. The van der Waals surface area contributed by atoms with Crippen LogP contribution in [0.15, 0.2) is 24.3 Å². The molecule has 1 atom stereocenters. The molecule has 2 fully saturated rings. The van der Waals surface area contributed by atoms with Crippen LogP contribution in [0.2, 0.25) is 0 Å².